The molecule has 0 radical (unpaired) electrons. The molecule has 1 heterocycles. The quantitative estimate of drug-likeness (QED) is 0.890. The van der Waals surface area contributed by atoms with Crippen LogP contribution in [0, 0.1) is 0 Å². The van der Waals surface area contributed by atoms with E-state index < -0.39 is 12.1 Å². The molecule has 1 N–H and O–H groups in total. The fourth-order valence-corrected chi connectivity index (χ4v) is 1.49. The Morgan fingerprint density at radius 3 is 3.00 bits per heavy atom. The van der Waals surface area contributed by atoms with Gasteiger partial charge in [-0.25, -0.2) is 9.18 Å². The molecule has 0 saturated heterocycles. The van der Waals surface area contributed by atoms with E-state index >= 15 is 0 Å². The predicted octanol–water partition coefficient (Wildman–Crippen LogP) is 1.76. The van der Waals surface area contributed by atoms with Crippen LogP contribution in [0.4, 0.5) is 4.39 Å². The van der Waals surface area contributed by atoms with Gasteiger partial charge in [-0.3, -0.25) is 4.68 Å². The molecule has 72 valence electrons. The molecule has 6 heteroatoms. The van der Waals surface area contributed by atoms with E-state index in [0.717, 1.165) is 0 Å². The lowest BCUT2D eigenvalue weighted by molar-refractivity contribution is -0.143. The van der Waals surface area contributed by atoms with Crippen LogP contribution in [-0.2, 0) is 11.3 Å². The third kappa shape index (κ3) is 1.88. The molecule has 1 aromatic heterocycles. The summed E-state index contributed by atoms with van der Waals surface area (Å²) in [5.41, 5.74) is 0.0509. The number of carbonyl (C=O) groups is 1. The van der Waals surface area contributed by atoms with E-state index in [1.807, 2.05) is 0 Å². The summed E-state index contributed by atoms with van der Waals surface area (Å²) in [7, 11) is 0. The van der Waals surface area contributed by atoms with E-state index in [1.165, 1.54) is 10.9 Å². The van der Waals surface area contributed by atoms with Gasteiger partial charge >= 0.3 is 5.97 Å². The zero-order valence-corrected chi connectivity index (χ0v) is 8.45. The Bertz CT molecular complexity index is 326. The fourth-order valence-electron chi connectivity index (χ4n) is 0.993. The number of alkyl halides is 1. The first kappa shape index (κ1) is 10.2. The molecule has 1 rings (SSSR count). The summed E-state index contributed by atoms with van der Waals surface area (Å²) in [4.78, 5) is 10.4. The highest BCUT2D eigenvalue weighted by molar-refractivity contribution is 9.10. The minimum atomic E-state index is -2.03. The number of hydrogen-bond acceptors (Lipinski definition) is 2. The molecule has 0 aliphatic carbocycles. The van der Waals surface area contributed by atoms with Gasteiger partial charge in [0.2, 0.25) is 6.17 Å². The summed E-state index contributed by atoms with van der Waals surface area (Å²) in [5.74, 6) is -1.50. The Labute approximate surface area is 82.5 Å². The maximum atomic E-state index is 13.1. The van der Waals surface area contributed by atoms with Crippen molar-refractivity contribution in [2.75, 3.05) is 0 Å². The summed E-state index contributed by atoms with van der Waals surface area (Å²) in [6.45, 7) is 2.20. The first-order chi connectivity index (χ1) is 6.07. The van der Waals surface area contributed by atoms with Crippen molar-refractivity contribution in [3.05, 3.63) is 16.4 Å². The average Bonchev–Trinajstić information content (AvgIpc) is 2.45. The summed E-state index contributed by atoms with van der Waals surface area (Å²) < 4.78 is 14.8. The minimum absolute atomic E-state index is 0.0509. The lowest BCUT2D eigenvalue weighted by Crippen LogP contribution is -2.12. The number of carboxylic acid groups (broad SMARTS) is 1. The highest BCUT2D eigenvalue weighted by Crippen LogP contribution is 2.26. The third-order valence-electron chi connectivity index (χ3n) is 1.59. The summed E-state index contributed by atoms with van der Waals surface area (Å²) >= 11 is 3.04. The maximum absolute atomic E-state index is 13.1. The molecule has 0 spiro atoms. The Morgan fingerprint density at radius 1 is 1.92 bits per heavy atom. The van der Waals surface area contributed by atoms with Crippen molar-refractivity contribution in [1.82, 2.24) is 9.78 Å². The van der Waals surface area contributed by atoms with E-state index in [-0.39, 0.29) is 5.69 Å². The number of aliphatic carboxylic acids is 1. The van der Waals surface area contributed by atoms with Crippen LogP contribution in [-0.4, -0.2) is 20.9 Å². The number of halogens is 2. The lowest BCUT2D eigenvalue weighted by atomic mass is 10.3. The van der Waals surface area contributed by atoms with Gasteiger partial charge in [-0.1, -0.05) is 0 Å². The van der Waals surface area contributed by atoms with Crippen molar-refractivity contribution in [2.24, 2.45) is 0 Å². The van der Waals surface area contributed by atoms with Crippen molar-refractivity contribution < 1.29 is 14.3 Å². The second kappa shape index (κ2) is 3.87. The number of carboxylic acids is 1. The Kier molecular flexibility index (Phi) is 3.02. The zero-order valence-electron chi connectivity index (χ0n) is 6.87. The molecule has 1 unspecified atom stereocenters. The SMILES string of the molecule is CCn1ncc(Br)c1C(F)C(=O)O. The van der Waals surface area contributed by atoms with Crippen LogP contribution < -0.4 is 0 Å². The van der Waals surface area contributed by atoms with E-state index in [0.29, 0.717) is 11.0 Å². The average molecular weight is 251 g/mol. The summed E-state index contributed by atoms with van der Waals surface area (Å²) in [5, 5.41) is 12.3. The first-order valence-corrected chi connectivity index (χ1v) is 4.45. The number of aryl methyl sites for hydroxylation is 1. The monoisotopic (exact) mass is 250 g/mol. The molecular formula is C7H8BrFN2O2. The van der Waals surface area contributed by atoms with Crippen LogP contribution in [0.1, 0.15) is 18.8 Å². The molecule has 0 aliphatic heterocycles. The van der Waals surface area contributed by atoms with Gasteiger partial charge in [0.25, 0.3) is 0 Å². The zero-order chi connectivity index (χ0) is 10.0. The van der Waals surface area contributed by atoms with Crippen LogP contribution in [0.25, 0.3) is 0 Å². The smallest absolute Gasteiger partial charge is 0.344 e. The van der Waals surface area contributed by atoms with Gasteiger partial charge in [-0.15, -0.1) is 0 Å². The van der Waals surface area contributed by atoms with Crippen molar-refractivity contribution in [3.8, 4) is 0 Å². The molecule has 0 saturated carbocycles. The Hall–Kier alpha value is -0.910. The topological polar surface area (TPSA) is 55.1 Å². The van der Waals surface area contributed by atoms with Crippen LogP contribution in [0.2, 0.25) is 0 Å². The van der Waals surface area contributed by atoms with Gasteiger partial charge in [0.05, 0.1) is 16.4 Å². The number of nitrogens with zero attached hydrogens (tertiary/aromatic N) is 2. The predicted molar refractivity (Wildman–Crippen MR) is 47.1 cm³/mol. The standard InChI is InChI=1S/C7H8BrFN2O2/c1-2-11-6(4(8)3-10-11)5(9)7(12)13/h3,5H,2H2,1H3,(H,12,13). The van der Waals surface area contributed by atoms with Crippen molar-refractivity contribution in [3.63, 3.8) is 0 Å². The molecule has 0 fully saturated rings. The van der Waals surface area contributed by atoms with Gasteiger partial charge < -0.3 is 5.11 Å². The van der Waals surface area contributed by atoms with E-state index in [4.69, 9.17) is 5.11 Å². The minimum Gasteiger partial charge on any atom is -0.479 e. The first-order valence-electron chi connectivity index (χ1n) is 3.66. The number of hydrogen-bond donors (Lipinski definition) is 1. The summed E-state index contributed by atoms with van der Waals surface area (Å²) in [6.07, 6.45) is -0.647. The number of rotatable bonds is 3. The maximum Gasteiger partial charge on any atom is 0.344 e. The molecular weight excluding hydrogens is 243 g/mol. The fraction of sp³-hybridized carbons (Fsp3) is 0.429. The van der Waals surface area contributed by atoms with E-state index in [9.17, 15) is 9.18 Å². The molecule has 0 amide bonds. The molecule has 0 aromatic carbocycles. The van der Waals surface area contributed by atoms with Gasteiger partial charge in [-0.05, 0) is 22.9 Å². The molecule has 1 aromatic rings. The van der Waals surface area contributed by atoms with Gasteiger partial charge in [0.15, 0.2) is 0 Å². The van der Waals surface area contributed by atoms with Crippen molar-refractivity contribution in [1.29, 1.82) is 0 Å². The third-order valence-corrected chi connectivity index (χ3v) is 2.20. The van der Waals surface area contributed by atoms with Gasteiger partial charge in [-0.2, -0.15) is 5.10 Å². The molecule has 4 nitrogen and oxygen atoms in total. The Balaban J connectivity index is 3.10. The van der Waals surface area contributed by atoms with Crippen LogP contribution in [0.15, 0.2) is 10.7 Å². The highest BCUT2D eigenvalue weighted by atomic mass is 79.9. The van der Waals surface area contributed by atoms with E-state index in [2.05, 4.69) is 21.0 Å². The second-order valence-electron chi connectivity index (χ2n) is 2.39. The summed E-state index contributed by atoms with van der Waals surface area (Å²) in [6, 6.07) is 0. The number of aromatic nitrogens is 2. The molecule has 13 heavy (non-hydrogen) atoms. The van der Waals surface area contributed by atoms with Crippen molar-refractivity contribution in [2.45, 2.75) is 19.6 Å². The van der Waals surface area contributed by atoms with Gasteiger partial charge in [0, 0.05) is 6.54 Å². The largest absolute Gasteiger partial charge is 0.479 e. The van der Waals surface area contributed by atoms with Crippen LogP contribution in [0.5, 0.6) is 0 Å². The Morgan fingerprint density at radius 2 is 2.54 bits per heavy atom. The molecule has 0 aliphatic rings. The van der Waals surface area contributed by atoms with Crippen LogP contribution >= 0.6 is 15.9 Å². The van der Waals surface area contributed by atoms with E-state index in [1.54, 1.807) is 6.92 Å². The van der Waals surface area contributed by atoms with Crippen molar-refractivity contribution >= 4 is 21.9 Å². The van der Waals surface area contributed by atoms with Gasteiger partial charge in [0.1, 0.15) is 0 Å². The molecule has 0 bridgehead atoms. The molecule has 1 atom stereocenters. The second-order valence-corrected chi connectivity index (χ2v) is 3.25. The lowest BCUT2D eigenvalue weighted by Gasteiger charge is -2.06. The normalized spacial score (nSPS) is 12.8. The highest BCUT2D eigenvalue weighted by Gasteiger charge is 2.25. The van der Waals surface area contributed by atoms with Crippen LogP contribution in [0.3, 0.4) is 0 Å².